The predicted octanol–water partition coefficient (Wildman–Crippen LogP) is 1.55. The largest absolute Gasteiger partial charge is 0.480 e. The van der Waals surface area contributed by atoms with E-state index in [2.05, 4.69) is 5.32 Å². The van der Waals surface area contributed by atoms with Gasteiger partial charge in [0.1, 0.15) is 6.04 Å². The molecule has 0 aliphatic heterocycles. The zero-order chi connectivity index (χ0) is 19.6. The average molecular weight is 370 g/mol. The van der Waals surface area contributed by atoms with E-state index in [4.69, 9.17) is 5.21 Å². The number of rotatable bonds is 9. The smallest absolute Gasteiger partial charge is 0.326 e. The van der Waals surface area contributed by atoms with Crippen molar-refractivity contribution in [3.05, 3.63) is 71.8 Å². The SMILES string of the molecule is O=C(C[C@@H](Cc1ccccc1)C(=O)N[C@@H](Cc1ccccc1)C(=O)O)NO. The Bertz CT molecular complexity index is 764. The highest BCUT2D eigenvalue weighted by molar-refractivity contribution is 5.88. The highest BCUT2D eigenvalue weighted by Crippen LogP contribution is 2.14. The Morgan fingerprint density at radius 2 is 1.37 bits per heavy atom. The van der Waals surface area contributed by atoms with Crippen molar-refractivity contribution in [3.63, 3.8) is 0 Å². The van der Waals surface area contributed by atoms with Crippen LogP contribution in [0.15, 0.2) is 60.7 Å². The summed E-state index contributed by atoms with van der Waals surface area (Å²) < 4.78 is 0. The van der Waals surface area contributed by atoms with E-state index < -0.39 is 29.7 Å². The lowest BCUT2D eigenvalue weighted by molar-refractivity contribution is -0.142. The van der Waals surface area contributed by atoms with Crippen molar-refractivity contribution < 1.29 is 24.7 Å². The van der Waals surface area contributed by atoms with Gasteiger partial charge in [-0.1, -0.05) is 60.7 Å². The van der Waals surface area contributed by atoms with Crippen LogP contribution in [0.25, 0.3) is 0 Å². The molecule has 27 heavy (non-hydrogen) atoms. The Balaban J connectivity index is 2.11. The van der Waals surface area contributed by atoms with Crippen LogP contribution in [0.1, 0.15) is 17.5 Å². The molecule has 0 heterocycles. The lowest BCUT2D eigenvalue weighted by Crippen LogP contribution is -2.46. The van der Waals surface area contributed by atoms with Gasteiger partial charge in [-0.2, -0.15) is 0 Å². The molecule has 142 valence electrons. The Hall–Kier alpha value is -3.19. The van der Waals surface area contributed by atoms with Crippen LogP contribution in [0.3, 0.4) is 0 Å². The maximum Gasteiger partial charge on any atom is 0.326 e. The number of carboxylic acids is 1. The monoisotopic (exact) mass is 370 g/mol. The lowest BCUT2D eigenvalue weighted by Gasteiger charge is -2.20. The standard InChI is InChI=1S/C20H22N2O5/c23-18(22-27)13-16(11-14-7-3-1-4-8-14)19(24)21-17(20(25)26)12-15-9-5-2-6-10-15/h1-10,16-17,27H,11-13H2,(H,21,24)(H,22,23)(H,25,26)/t16-,17+/m1/s1. The summed E-state index contributed by atoms with van der Waals surface area (Å²) in [6, 6.07) is 16.9. The maximum absolute atomic E-state index is 12.7. The summed E-state index contributed by atoms with van der Waals surface area (Å²) in [7, 11) is 0. The van der Waals surface area contributed by atoms with Crippen LogP contribution in [-0.4, -0.2) is 34.1 Å². The molecule has 4 N–H and O–H groups in total. The van der Waals surface area contributed by atoms with Crippen LogP contribution in [0, 0.1) is 5.92 Å². The summed E-state index contributed by atoms with van der Waals surface area (Å²) in [5.74, 6) is -3.22. The first kappa shape index (κ1) is 20.1. The van der Waals surface area contributed by atoms with Gasteiger partial charge in [0.2, 0.25) is 11.8 Å². The summed E-state index contributed by atoms with van der Waals surface area (Å²) in [5, 5.41) is 20.7. The fraction of sp³-hybridized carbons (Fsp3) is 0.250. The number of hydrogen-bond acceptors (Lipinski definition) is 4. The van der Waals surface area contributed by atoms with E-state index in [1.807, 2.05) is 36.4 Å². The van der Waals surface area contributed by atoms with Crippen LogP contribution < -0.4 is 10.8 Å². The highest BCUT2D eigenvalue weighted by Gasteiger charge is 2.27. The van der Waals surface area contributed by atoms with Crippen LogP contribution in [0.4, 0.5) is 0 Å². The Labute approximate surface area is 157 Å². The third-order valence-electron chi connectivity index (χ3n) is 4.15. The molecule has 0 radical (unpaired) electrons. The first-order valence-corrected chi connectivity index (χ1v) is 8.53. The number of nitrogens with one attached hydrogen (secondary N) is 2. The van der Waals surface area contributed by atoms with Gasteiger partial charge >= 0.3 is 5.97 Å². The zero-order valence-electron chi connectivity index (χ0n) is 14.7. The van der Waals surface area contributed by atoms with Crippen molar-refractivity contribution >= 4 is 17.8 Å². The second-order valence-corrected chi connectivity index (χ2v) is 6.21. The maximum atomic E-state index is 12.7. The number of carbonyl (C=O) groups excluding carboxylic acids is 2. The van der Waals surface area contributed by atoms with Crippen LogP contribution in [0.5, 0.6) is 0 Å². The predicted molar refractivity (Wildman–Crippen MR) is 97.9 cm³/mol. The quantitative estimate of drug-likeness (QED) is 0.395. The molecule has 0 saturated carbocycles. The van der Waals surface area contributed by atoms with E-state index in [-0.39, 0.29) is 19.3 Å². The van der Waals surface area contributed by atoms with E-state index in [0.717, 1.165) is 11.1 Å². The normalized spacial score (nSPS) is 12.6. The first-order valence-electron chi connectivity index (χ1n) is 8.53. The van der Waals surface area contributed by atoms with Gasteiger partial charge in [0.15, 0.2) is 0 Å². The van der Waals surface area contributed by atoms with Gasteiger partial charge < -0.3 is 10.4 Å². The fourth-order valence-electron chi connectivity index (χ4n) is 2.77. The van der Waals surface area contributed by atoms with Gasteiger partial charge in [-0.15, -0.1) is 0 Å². The molecule has 0 unspecified atom stereocenters. The molecule has 0 aliphatic carbocycles. The number of benzene rings is 2. The number of hydrogen-bond donors (Lipinski definition) is 4. The molecule has 2 rings (SSSR count). The molecule has 0 spiro atoms. The van der Waals surface area contributed by atoms with E-state index in [0.29, 0.717) is 0 Å². The molecule has 2 aromatic carbocycles. The van der Waals surface area contributed by atoms with Gasteiger partial charge in [-0.25, -0.2) is 10.3 Å². The molecule has 0 aromatic heterocycles. The van der Waals surface area contributed by atoms with E-state index in [1.165, 1.54) is 5.48 Å². The number of aliphatic carboxylic acids is 1. The number of carboxylic acid groups (broad SMARTS) is 1. The molecule has 2 aromatic rings. The third-order valence-corrected chi connectivity index (χ3v) is 4.15. The van der Waals surface area contributed by atoms with E-state index in [1.54, 1.807) is 24.3 Å². The summed E-state index contributed by atoms with van der Waals surface area (Å²) in [6.45, 7) is 0. The summed E-state index contributed by atoms with van der Waals surface area (Å²) in [6.07, 6.45) is 0.124. The minimum absolute atomic E-state index is 0.131. The molecule has 0 bridgehead atoms. The Morgan fingerprint density at radius 3 is 1.85 bits per heavy atom. The fourth-order valence-corrected chi connectivity index (χ4v) is 2.77. The summed E-state index contributed by atoms with van der Waals surface area (Å²) in [4.78, 5) is 35.8. The second-order valence-electron chi connectivity index (χ2n) is 6.21. The van der Waals surface area contributed by atoms with Crippen molar-refractivity contribution in [3.8, 4) is 0 Å². The molecule has 2 amide bonds. The van der Waals surface area contributed by atoms with Gasteiger partial charge in [0.05, 0.1) is 5.92 Å². The van der Waals surface area contributed by atoms with Crippen LogP contribution >= 0.6 is 0 Å². The van der Waals surface area contributed by atoms with Crippen molar-refractivity contribution in [2.45, 2.75) is 25.3 Å². The van der Waals surface area contributed by atoms with Crippen molar-refractivity contribution in [1.82, 2.24) is 10.8 Å². The van der Waals surface area contributed by atoms with Crippen molar-refractivity contribution in [2.75, 3.05) is 0 Å². The highest BCUT2D eigenvalue weighted by atomic mass is 16.5. The summed E-state index contributed by atoms with van der Waals surface area (Å²) >= 11 is 0. The molecule has 7 heteroatoms. The lowest BCUT2D eigenvalue weighted by atomic mass is 9.94. The summed E-state index contributed by atoms with van der Waals surface area (Å²) in [5.41, 5.74) is 3.12. The Kier molecular flexibility index (Phi) is 7.51. The topological polar surface area (TPSA) is 116 Å². The number of amides is 2. The minimum Gasteiger partial charge on any atom is -0.480 e. The van der Waals surface area contributed by atoms with E-state index >= 15 is 0 Å². The van der Waals surface area contributed by atoms with Gasteiger partial charge in [-0.05, 0) is 17.5 Å². The molecule has 0 aliphatic rings. The van der Waals surface area contributed by atoms with Crippen molar-refractivity contribution in [2.24, 2.45) is 5.92 Å². The van der Waals surface area contributed by atoms with Gasteiger partial charge in [-0.3, -0.25) is 14.8 Å². The van der Waals surface area contributed by atoms with Crippen LogP contribution in [-0.2, 0) is 27.2 Å². The molecular weight excluding hydrogens is 348 g/mol. The molecule has 2 atom stereocenters. The molecule has 7 nitrogen and oxygen atoms in total. The number of carbonyl (C=O) groups is 3. The molecule has 0 fully saturated rings. The number of hydroxylamine groups is 1. The van der Waals surface area contributed by atoms with Gasteiger partial charge in [0.25, 0.3) is 0 Å². The second kappa shape index (κ2) is 10.1. The minimum atomic E-state index is -1.16. The first-order chi connectivity index (χ1) is 13.0. The molecular formula is C20H22N2O5. The van der Waals surface area contributed by atoms with Crippen LogP contribution in [0.2, 0.25) is 0 Å². The molecule has 0 saturated heterocycles. The Morgan fingerprint density at radius 1 is 0.852 bits per heavy atom. The third kappa shape index (κ3) is 6.56. The average Bonchev–Trinajstić information content (AvgIpc) is 2.68. The zero-order valence-corrected chi connectivity index (χ0v) is 14.7. The van der Waals surface area contributed by atoms with Gasteiger partial charge in [0, 0.05) is 12.8 Å². The van der Waals surface area contributed by atoms with Crippen molar-refractivity contribution in [1.29, 1.82) is 0 Å². The van der Waals surface area contributed by atoms with E-state index in [9.17, 15) is 19.5 Å².